The summed E-state index contributed by atoms with van der Waals surface area (Å²) in [5, 5.41) is 4.79. The fourth-order valence-electron chi connectivity index (χ4n) is 3.20. The number of thiophene rings is 1. The van der Waals surface area contributed by atoms with Gasteiger partial charge in [-0.3, -0.25) is 9.59 Å². The van der Waals surface area contributed by atoms with Crippen molar-refractivity contribution < 1.29 is 14.0 Å². The second-order valence-electron chi connectivity index (χ2n) is 7.34. The van der Waals surface area contributed by atoms with E-state index in [0.29, 0.717) is 12.2 Å². The molecule has 0 bridgehead atoms. The molecule has 7 heteroatoms. The number of hydrogen-bond donors (Lipinski definition) is 1. The predicted octanol–water partition coefficient (Wildman–Crippen LogP) is 5.10. The SMILES string of the molecule is CC[C@@H](C)N(Cc1cc(NC(=O)c2ccco2)ccc1N(C)C)C(=O)c1cccs1. The first kappa shape index (κ1) is 21.6. The minimum Gasteiger partial charge on any atom is -0.459 e. The minimum atomic E-state index is -0.308. The Bertz CT molecular complexity index is 981. The second kappa shape index (κ2) is 9.63. The zero-order valence-electron chi connectivity index (χ0n) is 17.7. The maximum absolute atomic E-state index is 13.2. The molecule has 0 saturated carbocycles. The van der Waals surface area contributed by atoms with Gasteiger partial charge >= 0.3 is 0 Å². The van der Waals surface area contributed by atoms with Gasteiger partial charge in [0.1, 0.15) is 0 Å². The molecule has 1 N–H and O–H groups in total. The summed E-state index contributed by atoms with van der Waals surface area (Å²) in [6.07, 6.45) is 2.32. The number of furan rings is 1. The number of nitrogens with zero attached hydrogens (tertiary/aromatic N) is 2. The monoisotopic (exact) mass is 425 g/mol. The van der Waals surface area contributed by atoms with E-state index in [0.717, 1.165) is 22.5 Å². The van der Waals surface area contributed by atoms with Crippen molar-refractivity contribution in [2.75, 3.05) is 24.3 Å². The number of amides is 2. The van der Waals surface area contributed by atoms with Crippen LogP contribution in [0, 0.1) is 0 Å². The van der Waals surface area contributed by atoms with Crippen LogP contribution in [0.15, 0.2) is 58.5 Å². The van der Waals surface area contributed by atoms with Crippen molar-refractivity contribution in [3.63, 3.8) is 0 Å². The van der Waals surface area contributed by atoms with Gasteiger partial charge in [0.25, 0.3) is 11.8 Å². The molecule has 3 rings (SSSR count). The molecule has 0 fully saturated rings. The molecule has 0 aliphatic rings. The van der Waals surface area contributed by atoms with E-state index in [2.05, 4.69) is 19.2 Å². The summed E-state index contributed by atoms with van der Waals surface area (Å²) in [7, 11) is 3.93. The molecule has 2 amide bonds. The van der Waals surface area contributed by atoms with Crippen LogP contribution in [0.4, 0.5) is 11.4 Å². The van der Waals surface area contributed by atoms with Crippen molar-refractivity contribution in [1.29, 1.82) is 0 Å². The van der Waals surface area contributed by atoms with Gasteiger partial charge in [-0.15, -0.1) is 11.3 Å². The lowest BCUT2D eigenvalue weighted by Gasteiger charge is -2.30. The van der Waals surface area contributed by atoms with Gasteiger partial charge in [-0.1, -0.05) is 13.0 Å². The largest absolute Gasteiger partial charge is 0.459 e. The van der Waals surface area contributed by atoms with Crippen molar-refractivity contribution in [1.82, 2.24) is 4.90 Å². The van der Waals surface area contributed by atoms with Gasteiger partial charge in [-0.2, -0.15) is 0 Å². The standard InChI is InChI=1S/C23H27N3O3S/c1-5-16(2)26(23(28)21-9-7-13-30-21)15-17-14-18(10-11-19(17)25(3)4)24-22(27)20-8-6-12-29-20/h6-14,16H,5,15H2,1-4H3,(H,24,27)/t16-/m1/s1. The van der Waals surface area contributed by atoms with Gasteiger partial charge in [-0.05, 0) is 60.7 Å². The molecular formula is C23H27N3O3S. The average molecular weight is 426 g/mol. The van der Waals surface area contributed by atoms with E-state index in [9.17, 15) is 9.59 Å². The number of rotatable bonds is 8. The fraction of sp³-hybridized carbons (Fsp3) is 0.304. The van der Waals surface area contributed by atoms with Crippen LogP contribution in [0.2, 0.25) is 0 Å². The maximum atomic E-state index is 13.2. The van der Waals surface area contributed by atoms with E-state index >= 15 is 0 Å². The molecule has 6 nitrogen and oxygen atoms in total. The lowest BCUT2D eigenvalue weighted by molar-refractivity contribution is 0.0676. The fourth-order valence-corrected chi connectivity index (χ4v) is 3.88. The number of benzene rings is 1. The van der Waals surface area contributed by atoms with Crippen LogP contribution >= 0.6 is 11.3 Å². The smallest absolute Gasteiger partial charge is 0.291 e. The van der Waals surface area contributed by atoms with E-state index in [-0.39, 0.29) is 23.6 Å². The highest BCUT2D eigenvalue weighted by Gasteiger charge is 2.23. The Hall–Kier alpha value is -3.06. The third kappa shape index (κ3) is 4.91. The molecule has 0 unspecified atom stereocenters. The number of nitrogens with one attached hydrogen (secondary N) is 1. The highest BCUT2D eigenvalue weighted by atomic mass is 32.1. The van der Waals surface area contributed by atoms with Gasteiger partial charge in [0, 0.05) is 38.1 Å². The molecule has 0 radical (unpaired) electrons. The summed E-state index contributed by atoms with van der Waals surface area (Å²) >= 11 is 1.45. The van der Waals surface area contributed by atoms with E-state index < -0.39 is 0 Å². The Morgan fingerprint density at radius 3 is 2.57 bits per heavy atom. The van der Waals surface area contributed by atoms with Crippen LogP contribution in [-0.2, 0) is 6.54 Å². The van der Waals surface area contributed by atoms with Crippen LogP contribution in [0.5, 0.6) is 0 Å². The molecule has 0 saturated heterocycles. The zero-order chi connectivity index (χ0) is 21.7. The summed E-state index contributed by atoms with van der Waals surface area (Å²) in [6.45, 7) is 4.58. The summed E-state index contributed by atoms with van der Waals surface area (Å²) < 4.78 is 5.17. The van der Waals surface area contributed by atoms with Crippen molar-refractivity contribution in [2.45, 2.75) is 32.9 Å². The summed E-state index contributed by atoms with van der Waals surface area (Å²) in [5.41, 5.74) is 2.62. The normalized spacial score (nSPS) is 11.7. The highest BCUT2D eigenvalue weighted by Crippen LogP contribution is 2.27. The molecular weight excluding hydrogens is 398 g/mol. The zero-order valence-corrected chi connectivity index (χ0v) is 18.5. The number of carbonyl (C=O) groups is 2. The average Bonchev–Trinajstić information content (AvgIpc) is 3.45. The highest BCUT2D eigenvalue weighted by molar-refractivity contribution is 7.12. The maximum Gasteiger partial charge on any atom is 0.291 e. The molecule has 1 atom stereocenters. The Kier molecular flexibility index (Phi) is 6.95. The van der Waals surface area contributed by atoms with Gasteiger partial charge in [0.15, 0.2) is 5.76 Å². The minimum absolute atomic E-state index is 0.0223. The van der Waals surface area contributed by atoms with Gasteiger partial charge in [-0.25, -0.2) is 0 Å². The molecule has 3 aromatic rings. The summed E-state index contributed by atoms with van der Waals surface area (Å²) in [6, 6.07) is 12.9. The first-order valence-electron chi connectivity index (χ1n) is 9.90. The first-order chi connectivity index (χ1) is 14.4. The van der Waals surface area contributed by atoms with Crippen molar-refractivity contribution in [2.24, 2.45) is 0 Å². The predicted molar refractivity (Wildman–Crippen MR) is 121 cm³/mol. The van der Waals surface area contributed by atoms with E-state index in [1.54, 1.807) is 12.1 Å². The van der Waals surface area contributed by atoms with Gasteiger partial charge in [0.2, 0.25) is 0 Å². The summed E-state index contributed by atoms with van der Waals surface area (Å²) in [4.78, 5) is 30.2. The first-order valence-corrected chi connectivity index (χ1v) is 10.8. The molecule has 158 valence electrons. The van der Waals surface area contributed by atoms with Crippen LogP contribution in [0.1, 0.15) is 46.1 Å². The Balaban J connectivity index is 1.90. The van der Waals surface area contributed by atoms with Gasteiger partial charge in [0.05, 0.1) is 11.1 Å². The molecule has 2 heterocycles. The Morgan fingerprint density at radius 2 is 1.97 bits per heavy atom. The molecule has 0 aliphatic heterocycles. The van der Waals surface area contributed by atoms with Crippen molar-refractivity contribution in [3.05, 3.63) is 70.3 Å². The van der Waals surface area contributed by atoms with Crippen molar-refractivity contribution >= 4 is 34.5 Å². The van der Waals surface area contributed by atoms with Crippen LogP contribution in [0.25, 0.3) is 0 Å². The summed E-state index contributed by atoms with van der Waals surface area (Å²) in [5.74, 6) is -0.0339. The number of anilines is 2. The Morgan fingerprint density at radius 1 is 1.17 bits per heavy atom. The van der Waals surface area contributed by atoms with Gasteiger partial charge < -0.3 is 19.5 Å². The molecule has 0 spiro atoms. The van der Waals surface area contributed by atoms with E-state index in [1.807, 2.05) is 59.6 Å². The number of hydrogen-bond acceptors (Lipinski definition) is 5. The van der Waals surface area contributed by atoms with Crippen molar-refractivity contribution in [3.8, 4) is 0 Å². The second-order valence-corrected chi connectivity index (χ2v) is 8.28. The molecule has 30 heavy (non-hydrogen) atoms. The third-order valence-electron chi connectivity index (χ3n) is 5.02. The van der Waals surface area contributed by atoms with E-state index in [4.69, 9.17) is 4.42 Å². The van der Waals surface area contributed by atoms with E-state index in [1.165, 1.54) is 17.6 Å². The topological polar surface area (TPSA) is 65.8 Å². The third-order valence-corrected chi connectivity index (χ3v) is 5.88. The molecule has 0 aliphatic carbocycles. The number of carbonyl (C=O) groups excluding carboxylic acids is 2. The lowest BCUT2D eigenvalue weighted by Crippen LogP contribution is -2.37. The molecule has 1 aromatic carbocycles. The van der Waals surface area contributed by atoms with Crippen LogP contribution in [0.3, 0.4) is 0 Å². The lowest BCUT2D eigenvalue weighted by atomic mass is 10.1. The Labute approximate surface area is 181 Å². The molecule has 2 aromatic heterocycles. The van der Waals surface area contributed by atoms with Crippen LogP contribution in [-0.4, -0.2) is 36.9 Å². The van der Waals surface area contributed by atoms with Crippen LogP contribution < -0.4 is 10.2 Å². The quantitative estimate of drug-likeness (QED) is 0.545.